The minimum absolute atomic E-state index is 0.131. The lowest BCUT2D eigenvalue weighted by atomic mass is 9.81. The lowest BCUT2D eigenvalue weighted by molar-refractivity contribution is -0.142. The Balaban J connectivity index is 1.75. The number of benzene rings is 1. The summed E-state index contributed by atoms with van der Waals surface area (Å²) in [5.41, 5.74) is 3.71. The van der Waals surface area contributed by atoms with Gasteiger partial charge >= 0.3 is 5.97 Å². The van der Waals surface area contributed by atoms with Gasteiger partial charge in [0.2, 0.25) is 0 Å². The smallest absolute Gasteiger partial charge is 0.311 e. The van der Waals surface area contributed by atoms with E-state index in [4.69, 9.17) is 4.74 Å². The first-order valence-electron chi connectivity index (χ1n) is 8.74. The standard InChI is InChI=1S/C21H22N2O2S/c1-4-25-20(24)12-17-14-22-16(13-23-17)7-5-15-6-8-19-18(11-15)21(2,3)9-10-26-19/h6,8,11,13-14H,4,9-10,12H2,1-3H3. The number of hydrogen-bond acceptors (Lipinski definition) is 5. The number of carbonyl (C=O) groups excluding carboxylic acids is 1. The van der Waals surface area contributed by atoms with Gasteiger partial charge in [-0.2, -0.15) is 0 Å². The molecule has 26 heavy (non-hydrogen) atoms. The number of esters is 1. The van der Waals surface area contributed by atoms with Gasteiger partial charge in [-0.3, -0.25) is 9.78 Å². The van der Waals surface area contributed by atoms with Crippen molar-refractivity contribution in [3.63, 3.8) is 0 Å². The lowest BCUT2D eigenvalue weighted by Crippen LogP contribution is -2.22. The summed E-state index contributed by atoms with van der Waals surface area (Å²) in [6.07, 6.45) is 4.48. The summed E-state index contributed by atoms with van der Waals surface area (Å²) in [6.45, 7) is 6.72. The highest BCUT2D eigenvalue weighted by Crippen LogP contribution is 2.41. The molecular weight excluding hydrogens is 344 g/mol. The quantitative estimate of drug-likeness (QED) is 0.612. The maximum atomic E-state index is 11.5. The maximum Gasteiger partial charge on any atom is 0.311 e. The Kier molecular flexibility index (Phi) is 5.63. The van der Waals surface area contributed by atoms with Crippen LogP contribution in [0.1, 0.15) is 49.7 Å². The van der Waals surface area contributed by atoms with Crippen molar-refractivity contribution in [2.75, 3.05) is 12.4 Å². The van der Waals surface area contributed by atoms with Crippen molar-refractivity contribution in [1.82, 2.24) is 9.97 Å². The van der Waals surface area contributed by atoms with Crippen LogP contribution in [0, 0.1) is 11.8 Å². The third kappa shape index (κ3) is 4.44. The van der Waals surface area contributed by atoms with E-state index in [2.05, 4.69) is 53.9 Å². The fourth-order valence-corrected chi connectivity index (χ4v) is 4.31. The van der Waals surface area contributed by atoms with E-state index < -0.39 is 0 Å². The summed E-state index contributed by atoms with van der Waals surface area (Å²) >= 11 is 1.92. The molecule has 1 aromatic heterocycles. The van der Waals surface area contributed by atoms with E-state index >= 15 is 0 Å². The Hall–Kier alpha value is -2.32. The molecule has 0 bridgehead atoms. The Bertz CT molecular complexity index is 864. The SMILES string of the molecule is CCOC(=O)Cc1cnc(C#Cc2ccc3c(c2)C(C)(C)CCS3)cn1. The van der Waals surface area contributed by atoms with E-state index in [0.717, 1.165) is 5.56 Å². The highest BCUT2D eigenvalue weighted by Gasteiger charge is 2.27. The summed E-state index contributed by atoms with van der Waals surface area (Å²) in [5.74, 6) is 7.10. The van der Waals surface area contributed by atoms with Crippen LogP contribution in [0.15, 0.2) is 35.5 Å². The minimum atomic E-state index is -0.296. The molecule has 1 aromatic carbocycles. The molecule has 2 heterocycles. The molecule has 5 heteroatoms. The first-order valence-corrected chi connectivity index (χ1v) is 9.72. The first kappa shape index (κ1) is 18.5. The van der Waals surface area contributed by atoms with Crippen molar-refractivity contribution >= 4 is 17.7 Å². The summed E-state index contributed by atoms with van der Waals surface area (Å²) in [6, 6.07) is 6.42. The van der Waals surface area contributed by atoms with Gasteiger partial charge in [0.15, 0.2) is 0 Å². The van der Waals surface area contributed by atoms with E-state index in [1.807, 2.05) is 11.8 Å². The molecule has 0 unspecified atom stereocenters. The van der Waals surface area contributed by atoms with E-state index in [-0.39, 0.29) is 17.8 Å². The molecule has 0 aliphatic carbocycles. The molecule has 0 amide bonds. The Morgan fingerprint density at radius 3 is 2.85 bits per heavy atom. The fourth-order valence-electron chi connectivity index (χ4n) is 2.82. The van der Waals surface area contributed by atoms with Crippen molar-refractivity contribution in [2.45, 2.75) is 43.9 Å². The largest absolute Gasteiger partial charge is 0.466 e. The lowest BCUT2D eigenvalue weighted by Gasteiger charge is -2.32. The highest BCUT2D eigenvalue weighted by molar-refractivity contribution is 7.99. The summed E-state index contributed by atoms with van der Waals surface area (Å²) < 4.78 is 4.91. The van der Waals surface area contributed by atoms with Gasteiger partial charge in [0, 0.05) is 10.5 Å². The van der Waals surface area contributed by atoms with Gasteiger partial charge in [-0.15, -0.1) is 11.8 Å². The van der Waals surface area contributed by atoms with E-state index in [9.17, 15) is 4.79 Å². The van der Waals surface area contributed by atoms with Crippen molar-refractivity contribution in [3.05, 3.63) is 53.1 Å². The molecule has 3 rings (SSSR count). The van der Waals surface area contributed by atoms with Crippen LogP contribution in [0.25, 0.3) is 0 Å². The molecule has 0 N–H and O–H groups in total. The first-order chi connectivity index (χ1) is 12.5. The van der Waals surface area contributed by atoms with Gasteiger partial charge in [0.25, 0.3) is 0 Å². The average Bonchev–Trinajstić information content (AvgIpc) is 2.61. The highest BCUT2D eigenvalue weighted by atomic mass is 32.2. The summed E-state index contributed by atoms with van der Waals surface area (Å²) in [4.78, 5) is 21.3. The molecule has 0 radical (unpaired) electrons. The maximum absolute atomic E-state index is 11.5. The van der Waals surface area contributed by atoms with Crippen molar-refractivity contribution in [1.29, 1.82) is 0 Å². The normalized spacial score (nSPS) is 14.7. The van der Waals surface area contributed by atoms with Gasteiger partial charge in [-0.05, 0) is 54.2 Å². The molecule has 134 valence electrons. The van der Waals surface area contributed by atoms with Crippen molar-refractivity contribution < 1.29 is 9.53 Å². The zero-order valence-electron chi connectivity index (χ0n) is 15.3. The second-order valence-electron chi connectivity index (χ2n) is 6.82. The molecule has 0 atom stereocenters. The van der Waals surface area contributed by atoms with E-state index in [0.29, 0.717) is 18.0 Å². The molecular formula is C21H22N2O2S. The number of thioether (sulfide) groups is 1. The molecule has 0 saturated heterocycles. The zero-order valence-corrected chi connectivity index (χ0v) is 16.2. The van der Waals surface area contributed by atoms with Gasteiger partial charge in [0.1, 0.15) is 5.69 Å². The summed E-state index contributed by atoms with van der Waals surface area (Å²) in [5, 5.41) is 0. The number of rotatable bonds is 3. The predicted molar refractivity (Wildman–Crippen MR) is 103 cm³/mol. The van der Waals surface area contributed by atoms with Crippen LogP contribution in [0.5, 0.6) is 0 Å². The van der Waals surface area contributed by atoms with Crippen LogP contribution >= 0.6 is 11.8 Å². The monoisotopic (exact) mass is 366 g/mol. The zero-order chi connectivity index (χ0) is 18.6. The number of carbonyl (C=O) groups is 1. The second kappa shape index (κ2) is 7.92. The Morgan fingerprint density at radius 2 is 2.12 bits per heavy atom. The summed E-state index contributed by atoms with van der Waals surface area (Å²) in [7, 11) is 0. The van der Waals surface area contributed by atoms with E-state index in [1.54, 1.807) is 19.3 Å². The molecule has 0 fully saturated rings. The third-order valence-corrected chi connectivity index (χ3v) is 5.44. The fraction of sp³-hybridized carbons (Fsp3) is 0.381. The molecule has 1 aliphatic heterocycles. The topological polar surface area (TPSA) is 52.1 Å². The molecule has 4 nitrogen and oxygen atoms in total. The average molecular weight is 366 g/mol. The molecule has 2 aromatic rings. The Labute approximate surface area is 158 Å². The molecule has 0 spiro atoms. The van der Waals surface area contributed by atoms with Gasteiger partial charge in [0.05, 0.1) is 31.1 Å². The second-order valence-corrected chi connectivity index (χ2v) is 7.95. The number of hydrogen-bond donors (Lipinski definition) is 0. The third-order valence-electron chi connectivity index (χ3n) is 4.36. The van der Waals surface area contributed by atoms with Crippen LogP contribution in [-0.4, -0.2) is 28.3 Å². The Morgan fingerprint density at radius 1 is 1.27 bits per heavy atom. The van der Waals surface area contributed by atoms with Gasteiger partial charge in [-0.25, -0.2) is 4.98 Å². The number of aromatic nitrogens is 2. The molecule has 0 saturated carbocycles. The van der Waals surface area contributed by atoms with Crippen LogP contribution < -0.4 is 0 Å². The van der Waals surface area contributed by atoms with Gasteiger partial charge < -0.3 is 4.74 Å². The van der Waals surface area contributed by atoms with Gasteiger partial charge in [-0.1, -0.05) is 19.8 Å². The van der Waals surface area contributed by atoms with Crippen LogP contribution in [0.4, 0.5) is 0 Å². The number of nitrogens with zero attached hydrogens (tertiary/aromatic N) is 2. The molecule has 1 aliphatic rings. The van der Waals surface area contributed by atoms with Crippen LogP contribution in [-0.2, 0) is 21.4 Å². The number of ether oxygens (including phenoxy) is 1. The van der Waals surface area contributed by atoms with Crippen LogP contribution in [0.3, 0.4) is 0 Å². The minimum Gasteiger partial charge on any atom is -0.466 e. The van der Waals surface area contributed by atoms with Crippen LogP contribution in [0.2, 0.25) is 0 Å². The van der Waals surface area contributed by atoms with E-state index in [1.165, 1.54) is 22.6 Å². The predicted octanol–water partition coefficient (Wildman–Crippen LogP) is 3.76. The number of fused-ring (bicyclic) bond motifs is 1. The van der Waals surface area contributed by atoms with Crippen molar-refractivity contribution in [2.24, 2.45) is 0 Å². The van der Waals surface area contributed by atoms with Crippen molar-refractivity contribution in [3.8, 4) is 11.8 Å².